The van der Waals surface area contributed by atoms with E-state index in [1.807, 2.05) is 42.5 Å². The van der Waals surface area contributed by atoms with Gasteiger partial charge in [0.05, 0.1) is 0 Å². The summed E-state index contributed by atoms with van der Waals surface area (Å²) in [5, 5.41) is 5.62. The van der Waals surface area contributed by atoms with Crippen LogP contribution in [0.2, 0.25) is 0 Å². The highest BCUT2D eigenvalue weighted by molar-refractivity contribution is 5.98. The summed E-state index contributed by atoms with van der Waals surface area (Å²) in [6.45, 7) is 4.86. The van der Waals surface area contributed by atoms with Crippen molar-refractivity contribution in [1.82, 2.24) is 10.2 Å². The normalized spacial score (nSPS) is 25.9. The van der Waals surface area contributed by atoms with Crippen molar-refractivity contribution in [2.45, 2.75) is 56.9 Å². The molecule has 5 heteroatoms. The maximum absolute atomic E-state index is 13.3. The van der Waals surface area contributed by atoms with Crippen LogP contribution in [0.1, 0.15) is 61.4 Å². The number of amides is 1. The average Bonchev–Trinajstić information content (AvgIpc) is 3.72. The lowest BCUT2D eigenvalue weighted by Gasteiger charge is -2.53. The fraction of sp³-hybridized carbons (Fsp3) is 0.438. The number of rotatable bonds is 6. The molecule has 37 heavy (non-hydrogen) atoms. The molecule has 5 nitrogen and oxygen atoms in total. The van der Waals surface area contributed by atoms with Gasteiger partial charge in [-0.25, -0.2) is 0 Å². The van der Waals surface area contributed by atoms with Crippen molar-refractivity contribution in [3.8, 4) is 5.75 Å². The molecule has 0 radical (unpaired) electrons. The molecular formula is C32H36N2O3. The first-order valence-electron chi connectivity index (χ1n) is 13.8. The molecule has 2 aliphatic carbocycles. The molecular weight excluding hydrogens is 460 g/mol. The number of nitrogens with zero attached hydrogens (tertiary/aromatic N) is 1. The molecule has 0 aromatic heterocycles. The van der Waals surface area contributed by atoms with Crippen LogP contribution in [0, 0.1) is 11.8 Å². The van der Waals surface area contributed by atoms with Gasteiger partial charge in [0.25, 0.3) is 5.91 Å². The topological polar surface area (TPSA) is 58.6 Å². The average molecular weight is 497 g/mol. The molecule has 3 atom stereocenters. The van der Waals surface area contributed by atoms with Crippen LogP contribution >= 0.6 is 0 Å². The first-order valence-corrected chi connectivity index (χ1v) is 13.8. The van der Waals surface area contributed by atoms with Gasteiger partial charge in [-0.3, -0.25) is 9.59 Å². The summed E-state index contributed by atoms with van der Waals surface area (Å²) in [5.74, 6) is 1.73. The molecule has 2 saturated carbocycles. The lowest BCUT2D eigenvalue weighted by molar-refractivity contribution is -0.131. The highest BCUT2D eigenvalue weighted by Gasteiger charge is 2.48. The van der Waals surface area contributed by atoms with Gasteiger partial charge in [0.1, 0.15) is 5.75 Å². The minimum atomic E-state index is -0.297. The molecule has 3 aromatic rings. The summed E-state index contributed by atoms with van der Waals surface area (Å²) in [5.41, 5.74) is 1.92. The number of likely N-dealkylation sites (tertiary alicyclic amines) is 1. The Bertz CT molecular complexity index is 1320. The van der Waals surface area contributed by atoms with Gasteiger partial charge in [-0.05, 0) is 97.5 Å². The van der Waals surface area contributed by atoms with Crippen molar-refractivity contribution in [3.05, 3.63) is 77.9 Å². The van der Waals surface area contributed by atoms with E-state index in [0.29, 0.717) is 17.2 Å². The van der Waals surface area contributed by atoms with Crippen LogP contribution in [0.5, 0.6) is 5.75 Å². The quantitative estimate of drug-likeness (QED) is 0.350. The summed E-state index contributed by atoms with van der Waals surface area (Å²) in [7, 11) is 0. The Kier molecular flexibility index (Phi) is 6.49. The number of ether oxygens (including phenoxy) is 1. The Balaban J connectivity index is 1.25. The monoisotopic (exact) mass is 496 g/mol. The lowest BCUT2D eigenvalue weighted by Crippen LogP contribution is -2.56. The summed E-state index contributed by atoms with van der Waals surface area (Å²) in [6, 6.07) is 22.3. The molecule has 3 aromatic carbocycles. The van der Waals surface area contributed by atoms with Crippen LogP contribution in [-0.2, 0) is 10.2 Å². The fourth-order valence-electron chi connectivity index (χ4n) is 6.81. The number of hydrogen-bond acceptors (Lipinski definition) is 4. The van der Waals surface area contributed by atoms with Gasteiger partial charge in [0.2, 0.25) is 0 Å². The van der Waals surface area contributed by atoms with Gasteiger partial charge in [-0.1, -0.05) is 42.5 Å². The van der Waals surface area contributed by atoms with Gasteiger partial charge in [0.15, 0.2) is 0 Å². The Labute approximate surface area is 219 Å². The fourth-order valence-corrected chi connectivity index (χ4v) is 6.81. The van der Waals surface area contributed by atoms with E-state index in [2.05, 4.69) is 34.5 Å². The third-order valence-electron chi connectivity index (χ3n) is 8.84. The number of hydrogen-bond donors (Lipinski definition) is 1. The molecule has 6 rings (SSSR count). The summed E-state index contributed by atoms with van der Waals surface area (Å²) in [6.07, 6.45) is 6.81. The van der Waals surface area contributed by atoms with E-state index in [-0.39, 0.29) is 23.3 Å². The maximum Gasteiger partial charge on any atom is 0.308 e. The molecule has 3 aliphatic rings. The summed E-state index contributed by atoms with van der Waals surface area (Å²) < 4.78 is 5.47. The highest BCUT2D eigenvalue weighted by Crippen LogP contribution is 2.50. The molecule has 0 bridgehead atoms. The number of esters is 1. The first kappa shape index (κ1) is 24.2. The molecule has 1 saturated heterocycles. The number of nitrogens with one attached hydrogen (secondary N) is 1. The minimum absolute atomic E-state index is 0.00388. The molecule has 1 aliphatic heterocycles. The van der Waals surface area contributed by atoms with E-state index >= 15 is 0 Å². The number of benzene rings is 3. The Morgan fingerprint density at radius 3 is 2.62 bits per heavy atom. The predicted molar refractivity (Wildman–Crippen MR) is 146 cm³/mol. The molecule has 0 unspecified atom stereocenters. The van der Waals surface area contributed by atoms with Crippen LogP contribution in [0.3, 0.4) is 0 Å². The van der Waals surface area contributed by atoms with Crippen molar-refractivity contribution in [2.24, 2.45) is 11.8 Å². The summed E-state index contributed by atoms with van der Waals surface area (Å²) in [4.78, 5) is 27.7. The Hall–Kier alpha value is -3.18. The zero-order chi connectivity index (χ0) is 25.4. The Morgan fingerprint density at radius 2 is 1.81 bits per heavy atom. The third kappa shape index (κ3) is 5.15. The second kappa shape index (κ2) is 9.94. The molecule has 1 N–H and O–H groups in total. The van der Waals surface area contributed by atoms with Crippen molar-refractivity contribution in [2.75, 3.05) is 19.6 Å². The van der Waals surface area contributed by atoms with E-state index in [1.165, 1.54) is 31.9 Å². The van der Waals surface area contributed by atoms with Gasteiger partial charge in [0, 0.05) is 37.0 Å². The van der Waals surface area contributed by atoms with Crippen molar-refractivity contribution >= 4 is 22.6 Å². The van der Waals surface area contributed by atoms with Gasteiger partial charge >= 0.3 is 5.97 Å². The Morgan fingerprint density at radius 1 is 0.973 bits per heavy atom. The van der Waals surface area contributed by atoms with E-state index < -0.39 is 0 Å². The van der Waals surface area contributed by atoms with E-state index in [9.17, 15) is 9.59 Å². The zero-order valence-electron chi connectivity index (χ0n) is 21.6. The number of carbonyl (C=O) groups is 2. The second-order valence-corrected chi connectivity index (χ2v) is 11.4. The zero-order valence-corrected chi connectivity index (χ0v) is 21.6. The summed E-state index contributed by atoms with van der Waals surface area (Å²) >= 11 is 0. The number of fused-ring (bicyclic) bond motifs is 2. The maximum atomic E-state index is 13.3. The number of piperidine rings is 1. The van der Waals surface area contributed by atoms with Crippen molar-refractivity contribution in [3.63, 3.8) is 0 Å². The first-order chi connectivity index (χ1) is 18.0. The standard InChI is InChI=1S/C32H36N2O3/c1-22(35)37-30-8-4-7-27(18-30)32-15-16-34(20-23-9-10-23)21-28(32)13-14-29(19-32)33-31(36)26-12-11-24-5-2-3-6-25(24)17-26/h2-8,11-12,17-18,23,28-29H,9-10,13-16,19-21H2,1H3,(H,33,36)/t28-,29+,32+/m1/s1. The second-order valence-electron chi connectivity index (χ2n) is 11.4. The van der Waals surface area contributed by atoms with Crippen LogP contribution in [0.4, 0.5) is 0 Å². The van der Waals surface area contributed by atoms with Crippen LogP contribution in [0.25, 0.3) is 10.8 Å². The third-order valence-corrected chi connectivity index (χ3v) is 8.84. The van der Waals surface area contributed by atoms with E-state index in [4.69, 9.17) is 4.74 Å². The van der Waals surface area contributed by atoms with Gasteiger partial charge in [-0.15, -0.1) is 0 Å². The molecule has 192 valence electrons. The van der Waals surface area contributed by atoms with Crippen molar-refractivity contribution < 1.29 is 14.3 Å². The molecule has 3 fully saturated rings. The van der Waals surface area contributed by atoms with Crippen LogP contribution in [-0.4, -0.2) is 42.5 Å². The largest absolute Gasteiger partial charge is 0.427 e. The minimum Gasteiger partial charge on any atom is -0.427 e. The molecule has 1 heterocycles. The highest BCUT2D eigenvalue weighted by atomic mass is 16.5. The SMILES string of the molecule is CC(=O)Oc1cccc([C@@]23CCN(CC4CC4)C[C@H]2CC[C@H](NC(=O)c2ccc4ccccc4c2)C3)c1. The predicted octanol–water partition coefficient (Wildman–Crippen LogP) is 5.72. The van der Waals surface area contributed by atoms with Crippen LogP contribution in [0.15, 0.2) is 66.7 Å². The van der Waals surface area contributed by atoms with Crippen LogP contribution < -0.4 is 10.1 Å². The number of carbonyl (C=O) groups excluding carboxylic acids is 2. The molecule has 0 spiro atoms. The van der Waals surface area contributed by atoms with Gasteiger partial charge < -0.3 is 15.0 Å². The van der Waals surface area contributed by atoms with Crippen molar-refractivity contribution in [1.29, 1.82) is 0 Å². The van der Waals surface area contributed by atoms with E-state index in [0.717, 1.165) is 55.5 Å². The smallest absolute Gasteiger partial charge is 0.308 e. The lowest BCUT2D eigenvalue weighted by atomic mass is 9.58. The van der Waals surface area contributed by atoms with Gasteiger partial charge in [-0.2, -0.15) is 0 Å². The van der Waals surface area contributed by atoms with E-state index in [1.54, 1.807) is 0 Å². The molecule has 1 amide bonds.